The fourth-order valence-electron chi connectivity index (χ4n) is 2.59. The monoisotopic (exact) mass is 241 g/mol. The highest BCUT2D eigenvalue weighted by Crippen LogP contribution is 2.55. The molecule has 2 rings (SSSR count). The van der Waals surface area contributed by atoms with Crippen molar-refractivity contribution in [3.8, 4) is 0 Å². The Morgan fingerprint density at radius 1 is 1.38 bits per heavy atom. The average molecular weight is 241 g/mol. The molecule has 0 radical (unpaired) electrons. The smallest absolute Gasteiger partial charge is 0.192 e. The summed E-state index contributed by atoms with van der Waals surface area (Å²) in [6.45, 7) is 13.9. The lowest BCUT2D eigenvalue weighted by Gasteiger charge is -2.38. The summed E-state index contributed by atoms with van der Waals surface area (Å²) in [4.78, 5) is 2.53. The van der Waals surface area contributed by atoms with E-state index in [9.17, 15) is 0 Å². The number of hydrogen-bond donors (Lipinski definition) is 0. The third-order valence-electron chi connectivity index (χ3n) is 5.26. The predicted octanol–water partition coefficient (Wildman–Crippen LogP) is 3.10. The van der Waals surface area contributed by atoms with Gasteiger partial charge in [0.15, 0.2) is 8.32 Å². The number of hydrogen-bond acceptors (Lipinski definition) is 2. The minimum atomic E-state index is -1.55. The molecule has 2 aliphatic rings. The predicted molar refractivity (Wildman–Crippen MR) is 71.2 cm³/mol. The lowest BCUT2D eigenvalue weighted by atomic mass is 10.2. The fraction of sp³-hybridized carbons (Fsp3) is 1.00. The minimum absolute atomic E-state index is 0.338. The van der Waals surface area contributed by atoms with Crippen molar-refractivity contribution in [2.75, 3.05) is 20.2 Å². The maximum Gasteiger partial charge on any atom is 0.192 e. The Balaban J connectivity index is 1.94. The van der Waals surface area contributed by atoms with E-state index in [0.29, 0.717) is 10.6 Å². The molecule has 0 aromatic heterocycles. The Morgan fingerprint density at radius 3 is 2.38 bits per heavy atom. The van der Waals surface area contributed by atoms with Crippen LogP contribution in [0.3, 0.4) is 0 Å². The van der Waals surface area contributed by atoms with Gasteiger partial charge in [0.1, 0.15) is 0 Å². The average Bonchev–Trinajstić information content (AvgIpc) is 2.77. The third-order valence-corrected chi connectivity index (χ3v) is 9.74. The van der Waals surface area contributed by atoms with E-state index < -0.39 is 8.32 Å². The van der Waals surface area contributed by atoms with Crippen LogP contribution >= 0.6 is 0 Å². The quantitative estimate of drug-likeness (QED) is 0.704. The molecule has 2 nitrogen and oxygen atoms in total. The number of likely N-dealkylation sites (N-methyl/N-ethyl adjacent to an activating group) is 1. The SMILES string of the molecule is CN1CCC2CC21CO[Si](C)(C)C(C)(C)C. The first kappa shape index (κ1) is 12.6. The summed E-state index contributed by atoms with van der Waals surface area (Å²) in [6.07, 6.45) is 2.76. The lowest BCUT2D eigenvalue weighted by Crippen LogP contribution is -2.46. The summed E-state index contributed by atoms with van der Waals surface area (Å²) in [6, 6.07) is 0. The van der Waals surface area contributed by atoms with Crippen LogP contribution in [0.2, 0.25) is 18.1 Å². The standard InChI is InChI=1S/C13H27NOSi/c1-12(2,3)16(5,6)15-10-13-9-11(13)7-8-14(13)4/h11H,7-10H2,1-6H3. The lowest BCUT2D eigenvalue weighted by molar-refractivity contribution is 0.153. The Morgan fingerprint density at radius 2 is 2.00 bits per heavy atom. The van der Waals surface area contributed by atoms with Crippen molar-refractivity contribution >= 4 is 8.32 Å². The number of piperidine rings is 1. The molecule has 0 N–H and O–H groups in total. The Kier molecular flexibility index (Phi) is 2.80. The molecule has 1 saturated carbocycles. The molecule has 94 valence electrons. The largest absolute Gasteiger partial charge is 0.415 e. The van der Waals surface area contributed by atoms with E-state index in [0.717, 1.165) is 12.5 Å². The van der Waals surface area contributed by atoms with Gasteiger partial charge in [0.2, 0.25) is 0 Å². The minimum Gasteiger partial charge on any atom is -0.415 e. The highest BCUT2D eigenvalue weighted by molar-refractivity contribution is 6.74. The van der Waals surface area contributed by atoms with Crippen LogP contribution in [0.5, 0.6) is 0 Å². The summed E-state index contributed by atoms with van der Waals surface area (Å²) >= 11 is 0. The van der Waals surface area contributed by atoms with E-state index in [1.54, 1.807) is 0 Å². The van der Waals surface area contributed by atoms with Gasteiger partial charge < -0.3 is 4.43 Å². The molecule has 1 saturated heterocycles. The molecule has 16 heavy (non-hydrogen) atoms. The topological polar surface area (TPSA) is 12.5 Å². The van der Waals surface area contributed by atoms with E-state index >= 15 is 0 Å². The molecule has 1 aliphatic heterocycles. The van der Waals surface area contributed by atoms with Crippen LogP contribution in [0, 0.1) is 5.92 Å². The molecule has 1 aliphatic carbocycles. The van der Waals surface area contributed by atoms with Crippen molar-refractivity contribution in [1.82, 2.24) is 4.90 Å². The van der Waals surface area contributed by atoms with Gasteiger partial charge in [0.05, 0.1) is 6.61 Å². The molecular weight excluding hydrogens is 214 g/mol. The van der Waals surface area contributed by atoms with E-state index in [4.69, 9.17) is 4.43 Å². The van der Waals surface area contributed by atoms with Gasteiger partial charge in [-0.2, -0.15) is 0 Å². The summed E-state index contributed by atoms with van der Waals surface area (Å²) in [5, 5.41) is 0.338. The van der Waals surface area contributed by atoms with Crippen molar-refractivity contribution in [2.24, 2.45) is 5.92 Å². The zero-order valence-corrected chi connectivity index (χ0v) is 12.8. The van der Waals surface area contributed by atoms with Crippen molar-refractivity contribution < 1.29 is 4.43 Å². The highest BCUT2D eigenvalue weighted by atomic mass is 28.4. The Hall–Kier alpha value is 0.137. The molecule has 0 aromatic rings. The van der Waals surface area contributed by atoms with E-state index in [1.807, 2.05) is 0 Å². The van der Waals surface area contributed by atoms with Crippen molar-refractivity contribution in [3.63, 3.8) is 0 Å². The molecule has 0 aromatic carbocycles. The molecule has 2 unspecified atom stereocenters. The van der Waals surface area contributed by atoms with Crippen LogP contribution in [0.25, 0.3) is 0 Å². The van der Waals surface area contributed by atoms with Crippen LogP contribution in [-0.2, 0) is 4.43 Å². The van der Waals surface area contributed by atoms with Gasteiger partial charge in [-0.25, -0.2) is 0 Å². The highest BCUT2D eigenvalue weighted by Gasteiger charge is 2.61. The van der Waals surface area contributed by atoms with Crippen LogP contribution in [0.4, 0.5) is 0 Å². The number of likely N-dealkylation sites (tertiary alicyclic amines) is 1. The van der Waals surface area contributed by atoms with Gasteiger partial charge in [-0.1, -0.05) is 20.8 Å². The van der Waals surface area contributed by atoms with Crippen molar-refractivity contribution in [2.45, 2.75) is 57.3 Å². The second-order valence-corrected chi connectivity index (χ2v) is 12.1. The van der Waals surface area contributed by atoms with Crippen LogP contribution in [0.1, 0.15) is 33.6 Å². The molecule has 3 heteroatoms. The van der Waals surface area contributed by atoms with Crippen LogP contribution in [-0.4, -0.2) is 39.0 Å². The molecule has 2 fully saturated rings. The first-order valence-corrected chi connectivity index (χ1v) is 9.45. The molecule has 0 bridgehead atoms. The summed E-state index contributed by atoms with van der Waals surface area (Å²) in [7, 11) is 0.717. The van der Waals surface area contributed by atoms with Crippen molar-refractivity contribution in [3.05, 3.63) is 0 Å². The summed E-state index contributed by atoms with van der Waals surface area (Å²) in [5.41, 5.74) is 0.440. The second kappa shape index (κ2) is 3.56. The van der Waals surface area contributed by atoms with Gasteiger partial charge in [0.25, 0.3) is 0 Å². The molecule has 0 amide bonds. The van der Waals surface area contributed by atoms with E-state index in [1.165, 1.54) is 19.4 Å². The summed E-state index contributed by atoms with van der Waals surface area (Å²) in [5.74, 6) is 0.933. The van der Waals surface area contributed by atoms with Gasteiger partial charge in [-0.05, 0) is 50.5 Å². The first-order chi connectivity index (χ1) is 7.19. The number of nitrogens with zero attached hydrogens (tertiary/aromatic N) is 1. The van der Waals surface area contributed by atoms with Gasteiger partial charge >= 0.3 is 0 Å². The Bertz CT molecular complexity index is 282. The molecule has 2 atom stereocenters. The number of fused-ring (bicyclic) bond motifs is 1. The summed E-state index contributed by atoms with van der Waals surface area (Å²) < 4.78 is 6.39. The first-order valence-electron chi connectivity index (χ1n) is 6.54. The van der Waals surface area contributed by atoms with Crippen molar-refractivity contribution in [1.29, 1.82) is 0 Å². The maximum atomic E-state index is 6.39. The zero-order chi connectivity index (χ0) is 12.2. The number of rotatable bonds is 3. The molecular formula is C13H27NOSi. The van der Waals surface area contributed by atoms with Crippen LogP contribution < -0.4 is 0 Å². The van der Waals surface area contributed by atoms with Gasteiger partial charge in [-0.15, -0.1) is 0 Å². The third kappa shape index (κ3) is 1.87. The van der Waals surface area contributed by atoms with Gasteiger partial charge in [0, 0.05) is 5.54 Å². The van der Waals surface area contributed by atoms with E-state index in [2.05, 4.69) is 45.8 Å². The second-order valence-electron chi connectivity index (χ2n) is 7.26. The zero-order valence-electron chi connectivity index (χ0n) is 11.8. The Labute approximate surface area is 101 Å². The van der Waals surface area contributed by atoms with Crippen LogP contribution in [0.15, 0.2) is 0 Å². The maximum absolute atomic E-state index is 6.39. The van der Waals surface area contributed by atoms with Gasteiger partial charge in [-0.3, -0.25) is 4.90 Å². The molecule has 0 spiro atoms. The fourth-order valence-corrected chi connectivity index (χ4v) is 3.63. The molecule has 1 heterocycles. The van der Waals surface area contributed by atoms with E-state index in [-0.39, 0.29) is 0 Å². The normalized spacial score (nSPS) is 35.2.